The number of aryl methyl sites for hydroxylation is 2. The number of carboxylic acids is 1. The molecule has 0 saturated heterocycles. The molecule has 1 amide bonds. The van der Waals surface area contributed by atoms with Gasteiger partial charge in [-0.3, -0.25) is 0 Å². The highest BCUT2D eigenvalue weighted by atomic mass is 16.6. The average Bonchev–Trinajstić information content (AvgIpc) is 2.29. The predicted octanol–water partition coefficient (Wildman–Crippen LogP) is 2.56. The van der Waals surface area contributed by atoms with Crippen LogP contribution in [0.5, 0.6) is 5.75 Å². The first-order valence-corrected chi connectivity index (χ1v) is 5.95. The Hall–Kier alpha value is -2.04. The monoisotopic (exact) mass is 265 g/mol. The van der Waals surface area contributed by atoms with Crippen molar-refractivity contribution < 1.29 is 19.4 Å². The number of aliphatic carboxylic acids is 1. The molecule has 0 bridgehead atoms. The minimum atomic E-state index is -1.37. The molecule has 1 rings (SSSR count). The average molecular weight is 265 g/mol. The smallest absolute Gasteiger partial charge is 0.413 e. The van der Waals surface area contributed by atoms with Gasteiger partial charge < -0.3 is 15.2 Å². The maximum absolute atomic E-state index is 11.8. The molecule has 5 nitrogen and oxygen atoms in total. The van der Waals surface area contributed by atoms with Crippen molar-refractivity contribution in [3.8, 4) is 5.75 Å². The normalized spacial score (nSPS) is 11.0. The number of carbonyl (C=O) groups is 2. The third kappa shape index (κ3) is 3.47. The minimum Gasteiger partial charge on any atom is -0.480 e. The number of benzene rings is 1. The highest BCUT2D eigenvalue weighted by Crippen LogP contribution is 2.25. The van der Waals surface area contributed by atoms with Crippen molar-refractivity contribution in [1.82, 2.24) is 5.32 Å². The summed E-state index contributed by atoms with van der Waals surface area (Å²) in [7, 11) is 0. The predicted molar refractivity (Wildman–Crippen MR) is 71.5 cm³/mol. The van der Waals surface area contributed by atoms with Crippen molar-refractivity contribution in [2.75, 3.05) is 0 Å². The van der Waals surface area contributed by atoms with Crippen LogP contribution in [-0.2, 0) is 4.79 Å². The third-order valence-corrected chi connectivity index (χ3v) is 3.02. The van der Waals surface area contributed by atoms with Crippen LogP contribution in [0.15, 0.2) is 12.1 Å². The maximum atomic E-state index is 11.8. The molecule has 0 fully saturated rings. The van der Waals surface area contributed by atoms with E-state index in [2.05, 4.69) is 5.32 Å². The fraction of sp³-hybridized carbons (Fsp3) is 0.429. The SMILES string of the molecule is Cc1ccc(C)c(OC(=O)NC(C)(C)C(=O)O)c1C. The van der Waals surface area contributed by atoms with E-state index in [1.54, 1.807) is 0 Å². The molecule has 1 aromatic rings. The van der Waals surface area contributed by atoms with E-state index in [4.69, 9.17) is 9.84 Å². The van der Waals surface area contributed by atoms with Gasteiger partial charge >= 0.3 is 12.1 Å². The molecule has 1 aromatic carbocycles. The van der Waals surface area contributed by atoms with Gasteiger partial charge in [-0.1, -0.05) is 12.1 Å². The van der Waals surface area contributed by atoms with E-state index >= 15 is 0 Å². The highest BCUT2D eigenvalue weighted by molar-refractivity contribution is 5.84. The number of amides is 1. The number of carboxylic acid groups (broad SMARTS) is 1. The zero-order chi connectivity index (χ0) is 14.8. The molecular formula is C14H19NO4. The van der Waals surface area contributed by atoms with Crippen molar-refractivity contribution in [2.45, 2.75) is 40.2 Å². The van der Waals surface area contributed by atoms with E-state index in [1.807, 2.05) is 32.9 Å². The van der Waals surface area contributed by atoms with Crippen LogP contribution in [-0.4, -0.2) is 22.7 Å². The van der Waals surface area contributed by atoms with Gasteiger partial charge in [0.05, 0.1) is 0 Å². The van der Waals surface area contributed by atoms with Gasteiger partial charge in [0.25, 0.3) is 0 Å². The van der Waals surface area contributed by atoms with E-state index in [1.165, 1.54) is 13.8 Å². The molecule has 2 N–H and O–H groups in total. The first kappa shape index (κ1) is 15.0. The van der Waals surface area contributed by atoms with Crippen molar-refractivity contribution >= 4 is 12.1 Å². The second-order valence-electron chi connectivity index (χ2n) is 5.10. The van der Waals surface area contributed by atoms with E-state index in [0.717, 1.165) is 16.7 Å². The quantitative estimate of drug-likeness (QED) is 0.880. The van der Waals surface area contributed by atoms with E-state index in [-0.39, 0.29) is 0 Å². The Morgan fingerprint density at radius 3 is 2.21 bits per heavy atom. The van der Waals surface area contributed by atoms with Crippen molar-refractivity contribution in [3.63, 3.8) is 0 Å². The summed E-state index contributed by atoms with van der Waals surface area (Å²) in [5.74, 6) is -0.652. The second-order valence-corrected chi connectivity index (χ2v) is 5.10. The van der Waals surface area contributed by atoms with Crippen LogP contribution in [0.3, 0.4) is 0 Å². The second kappa shape index (κ2) is 5.30. The summed E-state index contributed by atoms with van der Waals surface area (Å²) < 4.78 is 5.23. The van der Waals surface area contributed by atoms with Crippen LogP contribution in [0.1, 0.15) is 30.5 Å². The number of carbonyl (C=O) groups excluding carboxylic acids is 1. The summed E-state index contributed by atoms with van der Waals surface area (Å²) in [5, 5.41) is 11.3. The lowest BCUT2D eigenvalue weighted by atomic mass is 10.1. The Morgan fingerprint density at radius 2 is 1.68 bits per heavy atom. The Morgan fingerprint density at radius 1 is 1.16 bits per heavy atom. The molecule has 0 aliphatic carbocycles. The molecule has 5 heteroatoms. The lowest BCUT2D eigenvalue weighted by Gasteiger charge is -2.21. The van der Waals surface area contributed by atoms with Crippen LogP contribution in [0.2, 0.25) is 0 Å². The summed E-state index contributed by atoms with van der Waals surface area (Å²) in [6, 6.07) is 3.80. The summed E-state index contributed by atoms with van der Waals surface area (Å²) in [6.45, 7) is 8.39. The summed E-state index contributed by atoms with van der Waals surface area (Å²) >= 11 is 0. The Kier molecular flexibility index (Phi) is 4.19. The molecule has 104 valence electrons. The highest BCUT2D eigenvalue weighted by Gasteiger charge is 2.30. The molecule has 0 aliphatic rings. The van der Waals surface area contributed by atoms with Crippen LogP contribution in [0.4, 0.5) is 4.79 Å². The number of hydrogen-bond donors (Lipinski definition) is 2. The Labute approximate surface area is 112 Å². The van der Waals surface area contributed by atoms with Gasteiger partial charge in [0.2, 0.25) is 0 Å². The van der Waals surface area contributed by atoms with Gasteiger partial charge in [-0.15, -0.1) is 0 Å². The summed E-state index contributed by atoms with van der Waals surface area (Å²) in [4.78, 5) is 22.7. The maximum Gasteiger partial charge on any atom is 0.413 e. The van der Waals surface area contributed by atoms with Crippen molar-refractivity contribution in [2.24, 2.45) is 0 Å². The van der Waals surface area contributed by atoms with Crippen LogP contribution in [0, 0.1) is 20.8 Å². The van der Waals surface area contributed by atoms with Crippen LogP contribution < -0.4 is 10.1 Å². The molecule has 0 radical (unpaired) electrons. The Bertz CT molecular complexity index is 520. The fourth-order valence-electron chi connectivity index (χ4n) is 1.51. The topological polar surface area (TPSA) is 75.6 Å². The first-order valence-electron chi connectivity index (χ1n) is 5.95. The summed E-state index contributed by atoms with van der Waals surface area (Å²) in [6.07, 6.45) is -0.774. The third-order valence-electron chi connectivity index (χ3n) is 3.02. The minimum absolute atomic E-state index is 0.471. The first-order chi connectivity index (χ1) is 8.65. The van der Waals surface area contributed by atoms with E-state index < -0.39 is 17.6 Å². The molecule has 0 saturated carbocycles. The number of ether oxygens (including phenoxy) is 1. The van der Waals surface area contributed by atoms with E-state index in [0.29, 0.717) is 5.75 Å². The molecule has 0 atom stereocenters. The van der Waals surface area contributed by atoms with Gasteiger partial charge in [0, 0.05) is 0 Å². The van der Waals surface area contributed by atoms with Gasteiger partial charge in [-0.05, 0) is 51.3 Å². The van der Waals surface area contributed by atoms with Crippen molar-refractivity contribution in [3.05, 3.63) is 28.8 Å². The lowest BCUT2D eigenvalue weighted by Crippen LogP contribution is -2.50. The number of rotatable bonds is 3. The lowest BCUT2D eigenvalue weighted by molar-refractivity contribution is -0.143. The Balaban J connectivity index is 2.90. The molecule has 0 spiro atoms. The van der Waals surface area contributed by atoms with Gasteiger partial charge in [-0.25, -0.2) is 9.59 Å². The van der Waals surface area contributed by atoms with Crippen molar-refractivity contribution in [1.29, 1.82) is 0 Å². The molecule has 19 heavy (non-hydrogen) atoms. The van der Waals surface area contributed by atoms with Gasteiger partial charge in [-0.2, -0.15) is 0 Å². The zero-order valence-corrected chi connectivity index (χ0v) is 11.8. The molecular weight excluding hydrogens is 246 g/mol. The molecule has 0 heterocycles. The number of hydrogen-bond acceptors (Lipinski definition) is 3. The van der Waals surface area contributed by atoms with E-state index in [9.17, 15) is 9.59 Å². The molecule has 0 unspecified atom stereocenters. The van der Waals surface area contributed by atoms with Gasteiger partial charge in [0.15, 0.2) is 0 Å². The van der Waals surface area contributed by atoms with Crippen LogP contribution >= 0.6 is 0 Å². The summed E-state index contributed by atoms with van der Waals surface area (Å²) in [5.41, 5.74) is 1.32. The van der Waals surface area contributed by atoms with Gasteiger partial charge in [0.1, 0.15) is 11.3 Å². The van der Waals surface area contributed by atoms with Crippen LogP contribution in [0.25, 0.3) is 0 Å². The molecule has 0 aliphatic heterocycles. The zero-order valence-electron chi connectivity index (χ0n) is 11.8. The largest absolute Gasteiger partial charge is 0.480 e. The number of nitrogens with one attached hydrogen (secondary N) is 1. The molecule has 0 aromatic heterocycles. The fourth-order valence-corrected chi connectivity index (χ4v) is 1.51. The standard InChI is InChI=1S/C14H19NO4/c1-8-6-7-9(2)11(10(8)3)19-13(18)15-14(4,5)12(16)17/h6-7H,1-5H3,(H,15,18)(H,16,17).